The van der Waals surface area contributed by atoms with E-state index in [9.17, 15) is 4.79 Å². The molecule has 0 radical (unpaired) electrons. The Kier molecular flexibility index (Phi) is 5.91. The highest BCUT2D eigenvalue weighted by atomic mass is 35.5. The standard InChI is InChI=1S/C21H30Cl2N2O/c1-20(2,3)24-19(26)14-25-8-6-21(7-9-25)13-16(21)5-4-15-10-17(22)12-18(23)11-15/h10-12,16H,4-9,13-14H2,1-3H3,(H,24,26). The number of likely N-dealkylation sites (tertiary alicyclic amines) is 1. The third-order valence-corrected chi connectivity index (χ3v) is 6.23. The summed E-state index contributed by atoms with van der Waals surface area (Å²) in [5, 5.41) is 4.50. The van der Waals surface area contributed by atoms with Crippen molar-refractivity contribution in [3.8, 4) is 0 Å². The second-order valence-corrected chi connectivity index (χ2v) is 10.0. The lowest BCUT2D eigenvalue weighted by Gasteiger charge is -2.33. The lowest BCUT2D eigenvalue weighted by molar-refractivity contribution is -0.124. The Labute approximate surface area is 167 Å². The topological polar surface area (TPSA) is 32.3 Å². The van der Waals surface area contributed by atoms with Gasteiger partial charge in [0.15, 0.2) is 0 Å². The van der Waals surface area contributed by atoms with Crippen molar-refractivity contribution < 1.29 is 4.79 Å². The first-order valence-corrected chi connectivity index (χ1v) is 10.4. The van der Waals surface area contributed by atoms with E-state index in [1.807, 2.05) is 32.9 Å². The Balaban J connectivity index is 1.42. The highest BCUT2D eigenvalue weighted by Gasteiger charge is 2.53. The van der Waals surface area contributed by atoms with Crippen LogP contribution in [0.5, 0.6) is 0 Å². The van der Waals surface area contributed by atoms with Gasteiger partial charge in [-0.1, -0.05) is 23.2 Å². The molecule has 2 fully saturated rings. The van der Waals surface area contributed by atoms with Gasteiger partial charge in [0.25, 0.3) is 0 Å². The number of amides is 1. The first-order valence-electron chi connectivity index (χ1n) is 9.64. The molecular weight excluding hydrogens is 367 g/mol. The van der Waals surface area contributed by atoms with Crippen LogP contribution >= 0.6 is 23.2 Å². The Morgan fingerprint density at radius 1 is 1.19 bits per heavy atom. The molecule has 1 aromatic rings. The number of hydrogen-bond acceptors (Lipinski definition) is 2. The van der Waals surface area contributed by atoms with Gasteiger partial charge in [0, 0.05) is 15.6 Å². The SMILES string of the molecule is CC(C)(C)NC(=O)CN1CCC2(CC1)CC2CCc1cc(Cl)cc(Cl)c1. The molecule has 3 nitrogen and oxygen atoms in total. The molecule has 26 heavy (non-hydrogen) atoms. The van der Waals surface area contributed by atoms with Gasteiger partial charge in [-0.25, -0.2) is 0 Å². The summed E-state index contributed by atoms with van der Waals surface area (Å²) in [4.78, 5) is 14.4. The minimum Gasteiger partial charge on any atom is -0.350 e. The number of hydrogen-bond donors (Lipinski definition) is 1. The summed E-state index contributed by atoms with van der Waals surface area (Å²) in [6, 6.07) is 5.84. The average Bonchev–Trinajstić information content (AvgIpc) is 3.17. The maximum atomic E-state index is 12.1. The van der Waals surface area contributed by atoms with Gasteiger partial charge in [0.1, 0.15) is 0 Å². The largest absolute Gasteiger partial charge is 0.350 e. The van der Waals surface area contributed by atoms with E-state index in [4.69, 9.17) is 23.2 Å². The van der Waals surface area contributed by atoms with Crippen molar-refractivity contribution in [2.45, 2.75) is 58.4 Å². The molecule has 2 aliphatic rings. The maximum absolute atomic E-state index is 12.1. The van der Waals surface area contributed by atoms with Crippen LogP contribution in [-0.4, -0.2) is 36.0 Å². The van der Waals surface area contributed by atoms with Gasteiger partial charge in [-0.15, -0.1) is 0 Å². The normalized spacial score (nSPS) is 22.4. The summed E-state index contributed by atoms with van der Waals surface area (Å²) in [6.45, 7) is 8.68. The predicted molar refractivity (Wildman–Crippen MR) is 109 cm³/mol. The number of piperidine rings is 1. The second kappa shape index (κ2) is 7.69. The summed E-state index contributed by atoms with van der Waals surface area (Å²) in [7, 11) is 0. The fourth-order valence-electron chi connectivity index (χ4n) is 4.37. The molecule has 1 unspecified atom stereocenters. The zero-order valence-electron chi connectivity index (χ0n) is 16.1. The number of rotatable bonds is 5. The molecule has 1 aliphatic carbocycles. The van der Waals surface area contributed by atoms with E-state index in [2.05, 4.69) is 10.2 Å². The molecule has 1 amide bonds. The molecule has 1 aliphatic heterocycles. The molecule has 1 saturated heterocycles. The monoisotopic (exact) mass is 396 g/mol. The first-order chi connectivity index (χ1) is 12.2. The fourth-order valence-corrected chi connectivity index (χ4v) is 4.94. The Morgan fingerprint density at radius 3 is 2.38 bits per heavy atom. The smallest absolute Gasteiger partial charge is 0.234 e. The third-order valence-electron chi connectivity index (χ3n) is 5.80. The van der Waals surface area contributed by atoms with Gasteiger partial charge in [-0.05, 0) is 101 Å². The highest BCUT2D eigenvalue weighted by Crippen LogP contribution is 2.61. The van der Waals surface area contributed by atoms with Crippen molar-refractivity contribution in [3.05, 3.63) is 33.8 Å². The molecule has 1 N–H and O–H groups in total. The molecule has 144 valence electrons. The second-order valence-electron chi connectivity index (χ2n) is 9.15. The average molecular weight is 397 g/mol. The lowest BCUT2D eigenvalue weighted by Crippen LogP contribution is -2.47. The fraction of sp³-hybridized carbons (Fsp3) is 0.667. The predicted octanol–water partition coefficient (Wildman–Crippen LogP) is 4.94. The Bertz CT molecular complexity index is 640. The number of aryl methyl sites for hydroxylation is 1. The number of benzene rings is 1. The molecule has 5 heteroatoms. The van der Waals surface area contributed by atoms with Crippen molar-refractivity contribution in [3.63, 3.8) is 0 Å². The zero-order valence-corrected chi connectivity index (χ0v) is 17.6. The van der Waals surface area contributed by atoms with Crippen LogP contribution in [0.4, 0.5) is 0 Å². The maximum Gasteiger partial charge on any atom is 0.234 e. The van der Waals surface area contributed by atoms with Gasteiger partial charge in [-0.3, -0.25) is 9.69 Å². The van der Waals surface area contributed by atoms with Gasteiger partial charge in [0.2, 0.25) is 5.91 Å². The Morgan fingerprint density at radius 2 is 1.81 bits per heavy atom. The van der Waals surface area contributed by atoms with E-state index in [0.29, 0.717) is 12.0 Å². The molecule has 1 spiro atoms. The van der Waals surface area contributed by atoms with Crippen LogP contribution in [0.1, 0.15) is 52.0 Å². The van der Waals surface area contributed by atoms with Crippen LogP contribution < -0.4 is 5.32 Å². The van der Waals surface area contributed by atoms with Gasteiger partial charge in [-0.2, -0.15) is 0 Å². The minimum atomic E-state index is -0.154. The summed E-state index contributed by atoms with van der Waals surface area (Å²) < 4.78 is 0. The van der Waals surface area contributed by atoms with E-state index in [0.717, 1.165) is 35.5 Å². The number of carbonyl (C=O) groups excluding carboxylic acids is 1. The van der Waals surface area contributed by atoms with Gasteiger partial charge >= 0.3 is 0 Å². The van der Waals surface area contributed by atoms with E-state index < -0.39 is 0 Å². The van der Waals surface area contributed by atoms with E-state index in [1.165, 1.54) is 31.2 Å². The molecular formula is C21H30Cl2N2O. The molecule has 0 aromatic heterocycles. The van der Waals surface area contributed by atoms with Crippen molar-refractivity contribution in [2.75, 3.05) is 19.6 Å². The highest BCUT2D eigenvalue weighted by molar-refractivity contribution is 6.34. The van der Waals surface area contributed by atoms with Crippen molar-refractivity contribution in [1.82, 2.24) is 10.2 Å². The first kappa shape index (κ1) is 20.0. The van der Waals surface area contributed by atoms with Crippen molar-refractivity contribution in [2.24, 2.45) is 11.3 Å². The van der Waals surface area contributed by atoms with Gasteiger partial charge < -0.3 is 5.32 Å². The molecule has 1 heterocycles. The van der Waals surface area contributed by atoms with E-state index >= 15 is 0 Å². The Hall–Kier alpha value is -0.770. The summed E-state index contributed by atoms with van der Waals surface area (Å²) in [6.07, 6.45) is 6.03. The number of nitrogens with one attached hydrogen (secondary N) is 1. The van der Waals surface area contributed by atoms with Crippen LogP contribution in [0.25, 0.3) is 0 Å². The lowest BCUT2D eigenvalue weighted by atomic mass is 9.89. The van der Waals surface area contributed by atoms with Crippen molar-refractivity contribution in [1.29, 1.82) is 0 Å². The van der Waals surface area contributed by atoms with Crippen LogP contribution in [0.15, 0.2) is 18.2 Å². The van der Waals surface area contributed by atoms with E-state index in [1.54, 1.807) is 6.07 Å². The van der Waals surface area contributed by atoms with Crippen LogP contribution in [-0.2, 0) is 11.2 Å². The van der Waals surface area contributed by atoms with Crippen LogP contribution in [0, 0.1) is 11.3 Å². The van der Waals surface area contributed by atoms with E-state index in [-0.39, 0.29) is 11.4 Å². The zero-order chi connectivity index (χ0) is 18.9. The summed E-state index contributed by atoms with van der Waals surface area (Å²) in [5.74, 6) is 0.949. The minimum absolute atomic E-state index is 0.138. The molecule has 1 atom stereocenters. The summed E-state index contributed by atoms with van der Waals surface area (Å²) in [5.41, 5.74) is 1.61. The third kappa shape index (κ3) is 5.37. The summed E-state index contributed by atoms with van der Waals surface area (Å²) >= 11 is 12.2. The molecule has 0 bridgehead atoms. The molecule has 3 rings (SSSR count). The quantitative estimate of drug-likeness (QED) is 0.763. The van der Waals surface area contributed by atoms with Crippen LogP contribution in [0.2, 0.25) is 10.0 Å². The van der Waals surface area contributed by atoms with Crippen LogP contribution in [0.3, 0.4) is 0 Å². The number of carbonyl (C=O) groups is 1. The van der Waals surface area contributed by atoms with Crippen molar-refractivity contribution >= 4 is 29.1 Å². The number of nitrogens with zero attached hydrogens (tertiary/aromatic N) is 1. The molecule has 1 saturated carbocycles. The van der Waals surface area contributed by atoms with Gasteiger partial charge in [0.05, 0.1) is 6.54 Å². The number of halogens is 2. The molecule has 1 aromatic carbocycles.